The normalized spacial score (nSPS) is 16.3. The zero-order valence-electron chi connectivity index (χ0n) is 20.0. The molecule has 1 amide bonds. The van der Waals surface area contributed by atoms with Crippen molar-refractivity contribution in [1.29, 1.82) is 0 Å². The maximum Gasteiger partial charge on any atom is 0.256 e. The van der Waals surface area contributed by atoms with Crippen molar-refractivity contribution >= 4 is 33.9 Å². The largest absolute Gasteiger partial charge is 0.463 e. The first-order chi connectivity index (χ1) is 17.8. The summed E-state index contributed by atoms with van der Waals surface area (Å²) < 4.78 is 16.7. The van der Waals surface area contributed by atoms with E-state index in [1.165, 1.54) is 0 Å². The molecule has 6 rings (SSSR count). The minimum absolute atomic E-state index is 0.185. The van der Waals surface area contributed by atoms with Crippen molar-refractivity contribution in [2.24, 2.45) is 0 Å². The quantitative estimate of drug-likeness (QED) is 0.449. The topological polar surface area (TPSA) is 80.1 Å². The standard InChI is InChI=1S/C28H28N4O4/c33-28(22-19-25(27-6-3-13-36-27)29-23-5-2-1-4-21(22)23)30-24-8-7-20(31-9-14-34-15-10-31)18-26(24)32-11-16-35-17-12-32/h1-8,13,18-19H,9-12,14-17H2,(H,30,33). The molecule has 0 atom stereocenters. The molecular formula is C28H28N4O4. The number of para-hydroxylation sites is 1. The van der Waals surface area contributed by atoms with Gasteiger partial charge in [0.25, 0.3) is 5.91 Å². The maximum atomic E-state index is 13.7. The second-order valence-electron chi connectivity index (χ2n) is 8.90. The molecule has 2 aliphatic rings. The van der Waals surface area contributed by atoms with Crippen molar-refractivity contribution in [2.45, 2.75) is 0 Å². The number of pyridine rings is 1. The highest BCUT2D eigenvalue weighted by atomic mass is 16.5. The molecule has 0 spiro atoms. The van der Waals surface area contributed by atoms with E-state index in [2.05, 4.69) is 27.2 Å². The Morgan fingerprint density at radius 1 is 0.833 bits per heavy atom. The lowest BCUT2D eigenvalue weighted by atomic mass is 10.1. The number of carbonyl (C=O) groups is 1. The number of nitrogens with zero attached hydrogens (tertiary/aromatic N) is 3. The third-order valence-electron chi connectivity index (χ3n) is 6.69. The van der Waals surface area contributed by atoms with Gasteiger partial charge in [-0.05, 0) is 42.5 Å². The van der Waals surface area contributed by atoms with Crippen LogP contribution < -0.4 is 15.1 Å². The number of fused-ring (bicyclic) bond motifs is 1. The number of rotatable bonds is 5. The second-order valence-corrected chi connectivity index (χ2v) is 8.90. The Kier molecular flexibility index (Phi) is 6.27. The van der Waals surface area contributed by atoms with Crippen LogP contribution in [0.5, 0.6) is 0 Å². The summed E-state index contributed by atoms with van der Waals surface area (Å²) in [6.45, 7) is 6.02. The number of carbonyl (C=O) groups excluding carboxylic acids is 1. The number of ether oxygens (including phenoxy) is 2. The Morgan fingerprint density at radius 3 is 2.33 bits per heavy atom. The van der Waals surface area contributed by atoms with E-state index in [-0.39, 0.29) is 5.91 Å². The summed E-state index contributed by atoms with van der Waals surface area (Å²) in [6.07, 6.45) is 1.61. The molecule has 36 heavy (non-hydrogen) atoms. The Labute approximate surface area is 209 Å². The summed E-state index contributed by atoms with van der Waals surface area (Å²) in [5.41, 5.74) is 4.83. The number of amides is 1. The number of hydrogen-bond acceptors (Lipinski definition) is 7. The van der Waals surface area contributed by atoms with Gasteiger partial charge in [-0.2, -0.15) is 0 Å². The Balaban J connectivity index is 1.37. The molecule has 2 aromatic heterocycles. The monoisotopic (exact) mass is 484 g/mol. The molecule has 0 radical (unpaired) electrons. The highest BCUT2D eigenvalue weighted by Crippen LogP contribution is 2.33. The van der Waals surface area contributed by atoms with Crippen LogP contribution in [0.3, 0.4) is 0 Å². The van der Waals surface area contributed by atoms with Crippen LogP contribution in [-0.4, -0.2) is 63.5 Å². The average Bonchev–Trinajstić information content (AvgIpc) is 3.49. The molecule has 1 N–H and O–H groups in total. The van der Waals surface area contributed by atoms with Crippen LogP contribution in [0.15, 0.2) is 71.3 Å². The SMILES string of the molecule is O=C(Nc1ccc(N2CCOCC2)cc1N1CCOCC1)c1cc(-c2ccco2)nc2ccccc12. The third-order valence-corrected chi connectivity index (χ3v) is 6.69. The van der Waals surface area contributed by atoms with Crippen LogP contribution in [0, 0.1) is 0 Å². The molecule has 8 nitrogen and oxygen atoms in total. The van der Waals surface area contributed by atoms with E-state index in [0.717, 1.165) is 67.4 Å². The average molecular weight is 485 g/mol. The van der Waals surface area contributed by atoms with Gasteiger partial charge in [-0.1, -0.05) is 18.2 Å². The molecule has 4 aromatic rings. The summed E-state index contributed by atoms with van der Waals surface area (Å²) in [5, 5.41) is 3.99. The number of hydrogen-bond donors (Lipinski definition) is 1. The molecule has 2 aromatic carbocycles. The molecule has 0 bridgehead atoms. The van der Waals surface area contributed by atoms with Gasteiger partial charge in [0.1, 0.15) is 5.69 Å². The number of nitrogens with one attached hydrogen (secondary N) is 1. The van der Waals surface area contributed by atoms with Gasteiger partial charge in [-0.3, -0.25) is 4.79 Å². The first-order valence-corrected chi connectivity index (χ1v) is 12.3. The molecule has 2 fully saturated rings. The van der Waals surface area contributed by atoms with Gasteiger partial charge in [0.15, 0.2) is 5.76 Å². The van der Waals surface area contributed by atoms with Crippen LogP contribution in [0.4, 0.5) is 17.1 Å². The molecular weight excluding hydrogens is 456 g/mol. The highest BCUT2D eigenvalue weighted by molar-refractivity contribution is 6.14. The molecule has 0 unspecified atom stereocenters. The van der Waals surface area contributed by atoms with Crippen molar-refractivity contribution in [1.82, 2.24) is 4.98 Å². The molecule has 0 aliphatic carbocycles. The molecule has 4 heterocycles. The van der Waals surface area contributed by atoms with Crippen molar-refractivity contribution in [3.05, 3.63) is 72.5 Å². The van der Waals surface area contributed by atoms with E-state index in [1.54, 1.807) is 12.3 Å². The van der Waals surface area contributed by atoms with Crippen LogP contribution in [0.25, 0.3) is 22.4 Å². The highest BCUT2D eigenvalue weighted by Gasteiger charge is 2.21. The van der Waals surface area contributed by atoms with Crippen LogP contribution >= 0.6 is 0 Å². The predicted molar refractivity (Wildman–Crippen MR) is 140 cm³/mol. The third kappa shape index (κ3) is 4.53. The van der Waals surface area contributed by atoms with Crippen molar-refractivity contribution in [3.8, 4) is 11.5 Å². The minimum atomic E-state index is -0.185. The molecule has 184 valence electrons. The number of anilines is 3. The Bertz CT molecular complexity index is 1360. The van der Waals surface area contributed by atoms with Crippen molar-refractivity contribution in [2.75, 3.05) is 67.7 Å². The smallest absolute Gasteiger partial charge is 0.256 e. The van der Waals surface area contributed by atoms with Gasteiger partial charge in [0.05, 0.1) is 55.1 Å². The summed E-state index contributed by atoms with van der Waals surface area (Å²) in [7, 11) is 0. The molecule has 0 saturated carbocycles. The van der Waals surface area contributed by atoms with Gasteiger partial charge in [-0.15, -0.1) is 0 Å². The van der Waals surface area contributed by atoms with E-state index in [1.807, 2.05) is 42.5 Å². The van der Waals surface area contributed by atoms with Crippen LogP contribution in [0.2, 0.25) is 0 Å². The lowest BCUT2D eigenvalue weighted by Gasteiger charge is -2.33. The summed E-state index contributed by atoms with van der Waals surface area (Å²) in [5.74, 6) is 0.439. The fourth-order valence-electron chi connectivity index (χ4n) is 4.81. The van der Waals surface area contributed by atoms with E-state index in [9.17, 15) is 4.79 Å². The lowest BCUT2D eigenvalue weighted by molar-refractivity contribution is 0.102. The van der Waals surface area contributed by atoms with E-state index in [4.69, 9.17) is 18.9 Å². The van der Waals surface area contributed by atoms with Gasteiger partial charge in [0, 0.05) is 37.3 Å². The lowest BCUT2D eigenvalue weighted by Crippen LogP contribution is -2.38. The van der Waals surface area contributed by atoms with Gasteiger partial charge >= 0.3 is 0 Å². The first-order valence-electron chi connectivity index (χ1n) is 12.3. The number of morpholine rings is 2. The van der Waals surface area contributed by atoms with E-state index >= 15 is 0 Å². The summed E-state index contributed by atoms with van der Waals surface area (Å²) >= 11 is 0. The maximum absolute atomic E-state index is 13.7. The van der Waals surface area contributed by atoms with Gasteiger partial charge in [0.2, 0.25) is 0 Å². The van der Waals surface area contributed by atoms with E-state index in [0.29, 0.717) is 30.2 Å². The van der Waals surface area contributed by atoms with Gasteiger partial charge < -0.3 is 29.0 Å². The second kappa shape index (κ2) is 10.0. The number of benzene rings is 2. The first kappa shape index (κ1) is 22.6. The van der Waals surface area contributed by atoms with Crippen molar-refractivity contribution in [3.63, 3.8) is 0 Å². The number of aromatic nitrogens is 1. The fourth-order valence-corrected chi connectivity index (χ4v) is 4.81. The Morgan fingerprint density at radius 2 is 1.58 bits per heavy atom. The molecule has 2 saturated heterocycles. The zero-order valence-corrected chi connectivity index (χ0v) is 20.0. The van der Waals surface area contributed by atoms with Crippen LogP contribution in [-0.2, 0) is 9.47 Å². The number of furan rings is 1. The predicted octanol–water partition coefficient (Wildman–Crippen LogP) is 4.42. The van der Waals surface area contributed by atoms with Crippen molar-refractivity contribution < 1.29 is 18.7 Å². The molecule has 8 heteroatoms. The Hall–Kier alpha value is -3.88. The summed E-state index contributed by atoms with van der Waals surface area (Å²) in [6, 6.07) is 19.4. The van der Waals surface area contributed by atoms with E-state index < -0.39 is 0 Å². The minimum Gasteiger partial charge on any atom is -0.463 e. The zero-order chi connectivity index (χ0) is 24.3. The fraction of sp³-hybridized carbons (Fsp3) is 0.286. The van der Waals surface area contributed by atoms with Gasteiger partial charge in [-0.25, -0.2) is 4.98 Å². The van der Waals surface area contributed by atoms with Crippen LogP contribution in [0.1, 0.15) is 10.4 Å². The summed E-state index contributed by atoms with van der Waals surface area (Å²) in [4.78, 5) is 23.0. The molecule has 2 aliphatic heterocycles.